The lowest BCUT2D eigenvalue weighted by atomic mass is 10.1. The first-order chi connectivity index (χ1) is 10.1. The molecule has 0 saturated heterocycles. The Balaban J connectivity index is 2.36. The molecule has 2 aromatic rings. The fourth-order valence-electron chi connectivity index (χ4n) is 2.16. The molecule has 0 aliphatic heterocycles. The topological polar surface area (TPSA) is 75.4 Å². The van der Waals surface area contributed by atoms with Crippen LogP contribution in [0.5, 0.6) is 0 Å². The van der Waals surface area contributed by atoms with Crippen molar-refractivity contribution in [1.82, 2.24) is 14.7 Å². The minimum absolute atomic E-state index is 0.283. The summed E-state index contributed by atoms with van der Waals surface area (Å²) in [5.74, 6) is -1.31. The Hall–Kier alpha value is -2.63. The normalized spacial score (nSPS) is 11.9. The molecule has 1 aromatic heterocycles. The van der Waals surface area contributed by atoms with E-state index in [1.165, 1.54) is 4.90 Å². The van der Waals surface area contributed by atoms with E-state index in [0.717, 1.165) is 5.56 Å². The van der Waals surface area contributed by atoms with Gasteiger partial charge >= 0.3 is 5.97 Å². The van der Waals surface area contributed by atoms with Gasteiger partial charge in [-0.1, -0.05) is 30.3 Å². The Labute approximate surface area is 122 Å². The van der Waals surface area contributed by atoms with Crippen LogP contribution in [0.4, 0.5) is 0 Å². The highest BCUT2D eigenvalue weighted by Crippen LogP contribution is 2.20. The summed E-state index contributed by atoms with van der Waals surface area (Å²) in [6.45, 7) is 1.77. The highest BCUT2D eigenvalue weighted by Gasteiger charge is 2.28. The van der Waals surface area contributed by atoms with Crippen LogP contribution in [0.2, 0.25) is 0 Å². The minimum Gasteiger partial charge on any atom is -0.480 e. The first-order valence-electron chi connectivity index (χ1n) is 6.68. The van der Waals surface area contributed by atoms with Crippen molar-refractivity contribution in [3.63, 3.8) is 0 Å². The van der Waals surface area contributed by atoms with E-state index >= 15 is 0 Å². The zero-order chi connectivity index (χ0) is 15.2. The van der Waals surface area contributed by atoms with Crippen molar-refractivity contribution >= 4 is 11.9 Å². The van der Waals surface area contributed by atoms with Gasteiger partial charge in [-0.3, -0.25) is 14.3 Å². The number of aromatic nitrogens is 2. The second kappa shape index (κ2) is 6.69. The molecule has 21 heavy (non-hydrogen) atoms. The van der Waals surface area contributed by atoms with E-state index in [2.05, 4.69) is 5.10 Å². The number of benzene rings is 1. The molecule has 0 bridgehead atoms. The number of amides is 1. The lowest BCUT2D eigenvalue weighted by Crippen LogP contribution is -2.40. The highest BCUT2D eigenvalue weighted by atomic mass is 16.4. The van der Waals surface area contributed by atoms with Crippen molar-refractivity contribution in [2.24, 2.45) is 0 Å². The van der Waals surface area contributed by atoms with Gasteiger partial charge in [0.1, 0.15) is 6.54 Å². The van der Waals surface area contributed by atoms with Gasteiger partial charge in [-0.2, -0.15) is 5.10 Å². The number of hydrogen-bond donors (Lipinski definition) is 1. The molecule has 6 heteroatoms. The molecule has 0 fully saturated rings. The molecule has 1 unspecified atom stereocenters. The molecule has 110 valence electrons. The van der Waals surface area contributed by atoms with Gasteiger partial charge < -0.3 is 10.0 Å². The summed E-state index contributed by atoms with van der Waals surface area (Å²) in [6.07, 6.45) is 3.29. The van der Waals surface area contributed by atoms with Crippen molar-refractivity contribution in [3.05, 3.63) is 54.4 Å². The van der Waals surface area contributed by atoms with Gasteiger partial charge in [-0.25, -0.2) is 0 Å². The number of likely N-dealkylation sites (N-methyl/N-ethyl adjacent to an activating group) is 1. The van der Waals surface area contributed by atoms with Crippen LogP contribution in [0.1, 0.15) is 18.5 Å². The summed E-state index contributed by atoms with van der Waals surface area (Å²) in [4.78, 5) is 24.9. The van der Waals surface area contributed by atoms with Crippen molar-refractivity contribution in [1.29, 1.82) is 0 Å². The Morgan fingerprint density at radius 3 is 2.52 bits per heavy atom. The van der Waals surface area contributed by atoms with Crippen LogP contribution >= 0.6 is 0 Å². The third-order valence-corrected chi connectivity index (χ3v) is 3.16. The Bertz CT molecular complexity index is 596. The molecule has 0 saturated carbocycles. The maximum absolute atomic E-state index is 12.7. The van der Waals surface area contributed by atoms with Gasteiger partial charge in [0.05, 0.1) is 0 Å². The van der Waals surface area contributed by atoms with Crippen LogP contribution in [0, 0.1) is 0 Å². The number of carbonyl (C=O) groups is 2. The van der Waals surface area contributed by atoms with Crippen molar-refractivity contribution in [2.45, 2.75) is 13.0 Å². The first-order valence-corrected chi connectivity index (χ1v) is 6.68. The van der Waals surface area contributed by atoms with Gasteiger partial charge in [0.15, 0.2) is 6.04 Å². The van der Waals surface area contributed by atoms with E-state index < -0.39 is 12.0 Å². The van der Waals surface area contributed by atoms with Crippen molar-refractivity contribution in [2.75, 3.05) is 13.1 Å². The molecule has 0 radical (unpaired) electrons. The summed E-state index contributed by atoms with van der Waals surface area (Å²) < 4.78 is 1.54. The second-order valence-corrected chi connectivity index (χ2v) is 4.55. The number of carboxylic acid groups (broad SMARTS) is 1. The highest BCUT2D eigenvalue weighted by molar-refractivity contribution is 5.86. The smallest absolute Gasteiger partial charge is 0.323 e. The molecule has 0 spiro atoms. The van der Waals surface area contributed by atoms with E-state index in [1.807, 2.05) is 30.3 Å². The molecule has 1 atom stereocenters. The Morgan fingerprint density at radius 1 is 1.29 bits per heavy atom. The van der Waals surface area contributed by atoms with E-state index in [9.17, 15) is 9.59 Å². The SMILES string of the molecule is CCN(CC(=O)O)C(=O)C(c1ccccc1)n1cccn1. The van der Waals surface area contributed by atoms with E-state index in [-0.39, 0.29) is 12.5 Å². The third kappa shape index (κ3) is 3.47. The van der Waals surface area contributed by atoms with E-state index in [1.54, 1.807) is 30.1 Å². The summed E-state index contributed by atoms with van der Waals surface area (Å²) in [5.41, 5.74) is 0.773. The number of rotatable bonds is 6. The fourth-order valence-corrected chi connectivity index (χ4v) is 2.16. The lowest BCUT2D eigenvalue weighted by molar-refractivity contribution is -0.145. The van der Waals surface area contributed by atoms with Crippen LogP contribution in [-0.2, 0) is 9.59 Å². The predicted molar refractivity (Wildman–Crippen MR) is 76.7 cm³/mol. The van der Waals surface area contributed by atoms with Crippen molar-refractivity contribution in [3.8, 4) is 0 Å². The lowest BCUT2D eigenvalue weighted by Gasteiger charge is -2.25. The van der Waals surface area contributed by atoms with Gasteiger partial charge in [0.25, 0.3) is 5.91 Å². The van der Waals surface area contributed by atoms with Gasteiger partial charge in [0, 0.05) is 18.9 Å². The maximum atomic E-state index is 12.7. The monoisotopic (exact) mass is 287 g/mol. The quantitative estimate of drug-likeness (QED) is 0.871. The zero-order valence-corrected chi connectivity index (χ0v) is 11.7. The summed E-state index contributed by atoms with van der Waals surface area (Å²) >= 11 is 0. The Morgan fingerprint density at radius 2 is 2.00 bits per heavy atom. The summed E-state index contributed by atoms with van der Waals surface area (Å²) in [5, 5.41) is 13.1. The van der Waals surface area contributed by atoms with Gasteiger partial charge in [0.2, 0.25) is 0 Å². The zero-order valence-electron chi connectivity index (χ0n) is 11.7. The first kappa shape index (κ1) is 14.8. The molecule has 0 aliphatic carbocycles. The van der Waals surface area contributed by atoms with Crippen LogP contribution in [0.15, 0.2) is 48.8 Å². The average Bonchev–Trinajstić information content (AvgIpc) is 2.99. The number of carboxylic acids is 1. The number of nitrogens with zero attached hydrogens (tertiary/aromatic N) is 3. The molecule has 2 rings (SSSR count). The van der Waals surface area contributed by atoms with Gasteiger partial charge in [-0.15, -0.1) is 0 Å². The number of hydrogen-bond acceptors (Lipinski definition) is 3. The average molecular weight is 287 g/mol. The predicted octanol–water partition coefficient (Wildman–Crippen LogP) is 1.41. The molecule has 1 amide bonds. The molecule has 1 heterocycles. The maximum Gasteiger partial charge on any atom is 0.323 e. The standard InChI is InChI=1S/C15H17N3O3/c1-2-17(11-13(19)20)15(21)14(18-10-6-9-16-18)12-7-4-3-5-8-12/h3-10,14H,2,11H2,1H3,(H,19,20). The number of carbonyl (C=O) groups excluding carboxylic acids is 1. The molecular weight excluding hydrogens is 270 g/mol. The minimum atomic E-state index is -1.03. The molecule has 0 aliphatic rings. The Kier molecular flexibility index (Phi) is 4.71. The summed E-state index contributed by atoms with van der Waals surface area (Å²) in [7, 11) is 0. The van der Waals surface area contributed by atoms with E-state index in [0.29, 0.717) is 6.54 Å². The summed E-state index contributed by atoms with van der Waals surface area (Å²) in [6, 6.07) is 10.3. The number of aliphatic carboxylic acids is 1. The second-order valence-electron chi connectivity index (χ2n) is 4.55. The van der Waals surface area contributed by atoms with Crippen LogP contribution < -0.4 is 0 Å². The van der Waals surface area contributed by atoms with Crippen LogP contribution in [-0.4, -0.2) is 44.8 Å². The molecule has 6 nitrogen and oxygen atoms in total. The molecule has 1 aromatic carbocycles. The molecule has 1 N–H and O–H groups in total. The largest absolute Gasteiger partial charge is 0.480 e. The van der Waals surface area contributed by atoms with Crippen LogP contribution in [0.3, 0.4) is 0 Å². The van der Waals surface area contributed by atoms with Crippen molar-refractivity contribution < 1.29 is 14.7 Å². The van der Waals surface area contributed by atoms with Crippen LogP contribution in [0.25, 0.3) is 0 Å². The van der Waals surface area contributed by atoms with Gasteiger partial charge in [-0.05, 0) is 18.6 Å². The third-order valence-electron chi connectivity index (χ3n) is 3.16. The molecular formula is C15H17N3O3. The fraction of sp³-hybridized carbons (Fsp3) is 0.267. The van der Waals surface area contributed by atoms with E-state index in [4.69, 9.17) is 5.11 Å².